The first kappa shape index (κ1) is 23.3. The Morgan fingerprint density at radius 2 is 1.67 bits per heavy atom. The number of nitriles is 1. The lowest BCUT2D eigenvalue weighted by atomic mass is 9.72. The van der Waals surface area contributed by atoms with Crippen LogP contribution in [-0.4, -0.2) is 47.7 Å². The maximum Gasteiger partial charge on any atom is 0.261 e. The number of carbonyl (C=O) groups is 2. The third-order valence-corrected chi connectivity index (χ3v) is 7.33. The van der Waals surface area contributed by atoms with Crippen LogP contribution in [0.3, 0.4) is 0 Å². The molecule has 1 unspecified atom stereocenters. The van der Waals surface area contributed by atoms with Crippen LogP contribution in [0.2, 0.25) is 0 Å². The van der Waals surface area contributed by atoms with Crippen LogP contribution in [0.4, 0.5) is 0 Å². The van der Waals surface area contributed by atoms with Gasteiger partial charge in [-0.25, -0.2) is 4.99 Å². The Kier molecular flexibility index (Phi) is 6.03. The number of piperidine rings is 1. The molecule has 2 amide bonds. The number of amides is 2. The van der Waals surface area contributed by atoms with Crippen LogP contribution in [0.15, 0.2) is 83.9 Å². The Hall–Kier alpha value is -4.44. The van der Waals surface area contributed by atoms with Gasteiger partial charge in [0.1, 0.15) is 0 Å². The van der Waals surface area contributed by atoms with E-state index in [4.69, 9.17) is 10.7 Å². The molecule has 0 saturated carbocycles. The number of aliphatic imine (C=N–C) groups is 1. The van der Waals surface area contributed by atoms with E-state index in [0.29, 0.717) is 37.1 Å². The summed E-state index contributed by atoms with van der Waals surface area (Å²) in [6.07, 6.45) is 1.18. The monoisotopic (exact) mass is 477 g/mol. The molecule has 5 rings (SSSR count). The molecule has 7 heteroatoms. The molecule has 1 saturated heterocycles. The van der Waals surface area contributed by atoms with E-state index in [-0.39, 0.29) is 23.7 Å². The fraction of sp³-hybridized carbons (Fsp3) is 0.241. The Bertz CT molecular complexity index is 1390. The maximum absolute atomic E-state index is 13.7. The molecule has 0 aliphatic carbocycles. The van der Waals surface area contributed by atoms with Crippen molar-refractivity contribution in [3.63, 3.8) is 0 Å². The fourth-order valence-electron chi connectivity index (χ4n) is 5.36. The van der Waals surface area contributed by atoms with Crippen LogP contribution in [0.5, 0.6) is 0 Å². The Labute approximate surface area is 210 Å². The number of nitrogens with zero attached hydrogens (tertiary/aromatic N) is 4. The van der Waals surface area contributed by atoms with E-state index < -0.39 is 5.54 Å². The van der Waals surface area contributed by atoms with Crippen molar-refractivity contribution in [2.45, 2.75) is 18.4 Å². The number of hydrogen-bond acceptors (Lipinski definition) is 5. The molecule has 2 aliphatic heterocycles. The van der Waals surface area contributed by atoms with Crippen molar-refractivity contribution >= 4 is 17.8 Å². The zero-order chi connectivity index (χ0) is 25.3. The summed E-state index contributed by atoms with van der Waals surface area (Å²) in [7, 11) is 1.65. The SMILES string of the molecule is CN1C(=O)C(c2cccc(-c3ccccc3)c2)(C2CCN(C(=O)c3ccccc3C#N)CC2)N=C1N. The summed E-state index contributed by atoms with van der Waals surface area (Å²) < 4.78 is 0. The van der Waals surface area contributed by atoms with Crippen LogP contribution >= 0.6 is 0 Å². The molecule has 0 bridgehead atoms. The van der Waals surface area contributed by atoms with Crippen LogP contribution in [-0.2, 0) is 10.3 Å². The number of nitrogens with two attached hydrogens (primary N) is 1. The summed E-state index contributed by atoms with van der Waals surface area (Å²) in [6, 6.07) is 26.9. The first-order valence-corrected chi connectivity index (χ1v) is 12.0. The largest absolute Gasteiger partial charge is 0.369 e. The average molecular weight is 478 g/mol. The van der Waals surface area contributed by atoms with Gasteiger partial charge in [0.05, 0.1) is 17.2 Å². The Morgan fingerprint density at radius 1 is 1.00 bits per heavy atom. The van der Waals surface area contributed by atoms with Crippen molar-refractivity contribution in [2.24, 2.45) is 16.6 Å². The van der Waals surface area contributed by atoms with Crippen LogP contribution < -0.4 is 5.73 Å². The number of guanidine groups is 1. The number of hydrogen-bond donors (Lipinski definition) is 1. The molecule has 1 fully saturated rings. The molecular weight excluding hydrogens is 450 g/mol. The summed E-state index contributed by atoms with van der Waals surface area (Å²) in [4.78, 5) is 34.9. The lowest BCUT2D eigenvalue weighted by Gasteiger charge is -2.40. The molecule has 7 nitrogen and oxygen atoms in total. The van der Waals surface area contributed by atoms with Gasteiger partial charge in [-0.15, -0.1) is 0 Å². The second-order valence-electron chi connectivity index (χ2n) is 9.27. The maximum atomic E-state index is 13.7. The highest BCUT2D eigenvalue weighted by Gasteiger charge is 2.54. The van der Waals surface area contributed by atoms with Gasteiger partial charge in [0, 0.05) is 26.1 Å². The fourth-order valence-corrected chi connectivity index (χ4v) is 5.36. The van der Waals surface area contributed by atoms with Gasteiger partial charge in [-0.2, -0.15) is 5.26 Å². The van der Waals surface area contributed by atoms with Crippen molar-refractivity contribution < 1.29 is 9.59 Å². The third kappa shape index (κ3) is 3.81. The van der Waals surface area contributed by atoms with Crippen molar-refractivity contribution in [2.75, 3.05) is 20.1 Å². The van der Waals surface area contributed by atoms with Gasteiger partial charge in [0.25, 0.3) is 11.8 Å². The molecule has 3 aromatic rings. The Balaban J connectivity index is 1.46. The highest BCUT2D eigenvalue weighted by atomic mass is 16.2. The van der Waals surface area contributed by atoms with Crippen molar-refractivity contribution in [1.82, 2.24) is 9.80 Å². The first-order chi connectivity index (χ1) is 17.5. The lowest BCUT2D eigenvalue weighted by Crippen LogP contribution is -2.49. The first-order valence-electron chi connectivity index (χ1n) is 12.0. The summed E-state index contributed by atoms with van der Waals surface area (Å²) in [5, 5.41) is 9.41. The van der Waals surface area contributed by atoms with E-state index in [1.165, 1.54) is 4.90 Å². The van der Waals surface area contributed by atoms with Gasteiger partial charge in [-0.3, -0.25) is 14.5 Å². The molecule has 2 N–H and O–H groups in total. The second kappa shape index (κ2) is 9.31. The van der Waals surface area contributed by atoms with E-state index >= 15 is 0 Å². The molecule has 180 valence electrons. The average Bonchev–Trinajstić information content (AvgIpc) is 3.18. The standard InChI is InChI=1S/C29H27N5O2/c1-33-27(36)29(32-28(33)31,24-12-7-11-21(18-24)20-8-3-2-4-9-20)23-14-16-34(17-15-23)26(35)25-13-6-5-10-22(25)19-30/h2-13,18,23H,14-17H2,1H3,(H2,31,32). The van der Waals surface area contributed by atoms with E-state index in [1.807, 2.05) is 54.6 Å². The minimum Gasteiger partial charge on any atom is -0.369 e. The predicted octanol–water partition coefficient (Wildman–Crippen LogP) is 3.76. The molecular formula is C29H27N5O2. The predicted molar refractivity (Wildman–Crippen MR) is 138 cm³/mol. The molecule has 0 aromatic heterocycles. The van der Waals surface area contributed by atoms with Crippen LogP contribution in [0.25, 0.3) is 11.1 Å². The minimum atomic E-state index is -1.14. The van der Waals surface area contributed by atoms with E-state index in [9.17, 15) is 14.9 Å². The highest BCUT2D eigenvalue weighted by molar-refractivity contribution is 6.07. The van der Waals surface area contributed by atoms with Crippen molar-refractivity contribution in [3.8, 4) is 17.2 Å². The van der Waals surface area contributed by atoms with Gasteiger partial charge in [-0.1, -0.05) is 60.7 Å². The van der Waals surface area contributed by atoms with E-state index in [1.54, 1.807) is 36.2 Å². The summed E-state index contributed by atoms with van der Waals surface area (Å²) in [5.74, 6) is -0.241. The lowest BCUT2D eigenvalue weighted by molar-refractivity contribution is -0.133. The van der Waals surface area contributed by atoms with Crippen LogP contribution in [0.1, 0.15) is 34.3 Å². The van der Waals surface area contributed by atoms with Crippen LogP contribution in [0, 0.1) is 17.2 Å². The van der Waals surface area contributed by atoms with Gasteiger partial charge >= 0.3 is 0 Å². The topological polar surface area (TPSA) is 103 Å². The zero-order valence-electron chi connectivity index (χ0n) is 20.1. The Morgan fingerprint density at radius 3 is 2.33 bits per heavy atom. The van der Waals surface area contributed by atoms with E-state index in [2.05, 4.69) is 6.07 Å². The van der Waals surface area contributed by atoms with Gasteiger partial charge in [-0.05, 0) is 47.7 Å². The van der Waals surface area contributed by atoms with Gasteiger partial charge in [0.2, 0.25) is 0 Å². The summed E-state index contributed by atoms with van der Waals surface area (Å²) in [5.41, 5.74) is 8.68. The summed E-state index contributed by atoms with van der Waals surface area (Å²) >= 11 is 0. The van der Waals surface area contributed by atoms with Crippen molar-refractivity contribution in [3.05, 3.63) is 95.6 Å². The molecule has 1 atom stereocenters. The smallest absolute Gasteiger partial charge is 0.261 e. The number of carbonyl (C=O) groups excluding carboxylic acids is 2. The number of likely N-dealkylation sites (tertiary alicyclic amines) is 1. The van der Waals surface area contributed by atoms with Gasteiger partial charge in [0.15, 0.2) is 11.5 Å². The molecule has 2 heterocycles. The van der Waals surface area contributed by atoms with E-state index in [0.717, 1.165) is 16.7 Å². The third-order valence-electron chi connectivity index (χ3n) is 7.33. The quantitative estimate of drug-likeness (QED) is 0.618. The van der Waals surface area contributed by atoms with Gasteiger partial charge < -0.3 is 10.6 Å². The second-order valence-corrected chi connectivity index (χ2v) is 9.27. The normalized spacial score (nSPS) is 20.2. The molecule has 36 heavy (non-hydrogen) atoms. The number of benzene rings is 3. The minimum absolute atomic E-state index is 0.130. The number of rotatable bonds is 4. The molecule has 0 spiro atoms. The molecule has 0 radical (unpaired) electrons. The van der Waals surface area contributed by atoms with Crippen molar-refractivity contribution in [1.29, 1.82) is 5.26 Å². The zero-order valence-corrected chi connectivity index (χ0v) is 20.1. The number of likely N-dealkylation sites (N-methyl/N-ethyl adjacent to an activating group) is 1. The molecule has 3 aromatic carbocycles. The highest BCUT2D eigenvalue weighted by Crippen LogP contribution is 2.45. The molecule has 2 aliphatic rings. The summed E-state index contributed by atoms with van der Waals surface area (Å²) in [6.45, 7) is 0.936.